The van der Waals surface area contributed by atoms with Gasteiger partial charge in [-0.3, -0.25) is 9.59 Å². The second-order valence-electron chi connectivity index (χ2n) is 8.78. The van der Waals surface area contributed by atoms with Crippen LogP contribution in [0.15, 0.2) is 0 Å². The zero-order chi connectivity index (χ0) is 16.2. The predicted molar refractivity (Wildman–Crippen MR) is 83.4 cm³/mol. The van der Waals surface area contributed by atoms with Gasteiger partial charge in [-0.1, -0.05) is 0 Å². The van der Waals surface area contributed by atoms with Crippen LogP contribution in [0.3, 0.4) is 0 Å². The summed E-state index contributed by atoms with van der Waals surface area (Å²) in [4.78, 5) is 24.3. The minimum Gasteiger partial charge on any atom is -0.453 e. The number of nitrogens with one attached hydrogen (secondary N) is 1. The number of hydrogen-bond donors (Lipinski definition) is 2. The Kier molecular flexibility index (Phi) is 3.49. The summed E-state index contributed by atoms with van der Waals surface area (Å²) in [7, 11) is 0. The third-order valence-electron chi connectivity index (χ3n) is 6.27. The molecule has 5 aliphatic carbocycles. The van der Waals surface area contributed by atoms with Gasteiger partial charge in [-0.25, -0.2) is 0 Å². The van der Waals surface area contributed by atoms with Gasteiger partial charge in [0, 0.05) is 6.04 Å². The molecule has 0 heterocycles. The maximum Gasteiger partial charge on any atom is 0.307 e. The van der Waals surface area contributed by atoms with E-state index in [-0.39, 0.29) is 23.3 Å². The minimum absolute atomic E-state index is 0.0946. The Hall–Kier alpha value is -1.10. The van der Waals surface area contributed by atoms with Gasteiger partial charge in [-0.2, -0.15) is 0 Å². The van der Waals surface area contributed by atoms with E-state index in [0.29, 0.717) is 18.3 Å². The maximum atomic E-state index is 12.4. The number of carbonyl (C=O) groups is 2. The summed E-state index contributed by atoms with van der Waals surface area (Å²) in [5.74, 6) is 0.647. The number of amides is 1. The Balaban J connectivity index is 1.35. The van der Waals surface area contributed by atoms with Crippen LogP contribution in [-0.2, 0) is 14.3 Å². The lowest BCUT2D eigenvalue weighted by atomic mass is 9.47. The highest BCUT2D eigenvalue weighted by atomic mass is 16.5. The van der Waals surface area contributed by atoms with Crippen molar-refractivity contribution in [3.63, 3.8) is 0 Å². The summed E-state index contributed by atoms with van der Waals surface area (Å²) in [5.41, 5.74) is -0.651. The fraction of sp³-hybridized carbons (Fsp3) is 0.889. The van der Waals surface area contributed by atoms with Crippen molar-refractivity contribution < 1.29 is 19.4 Å². The van der Waals surface area contributed by atoms with Crippen molar-refractivity contribution in [3.8, 4) is 0 Å². The van der Waals surface area contributed by atoms with Crippen LogP contribution < -0.4 is 5.32 Å². The first kappa shape index (κ1) is 15.4. The summed E-state index contributed by atoms with van der Waals surface area (Å²) in [6, 6.07) is 0.279. The van der Waals surface area contributed by atoms with Crippen LogP contribution in [0, 0.1) is 17.3 Å². The molecular weight excluding hydrogens is 294 g/mol. The standard InChI is InChI=1S/C18H27NO4/c1-11(16(21)19-14-2-3-14)23-15(20)9-17-5-12-4-13(6-17)8-18(22,7-12)10-17/h11-14,22H,2-10H2,1H3,(H,19,21)/t11-,12-,13+,17?,18?/m0/s1. The van der Waals surface area contributed by atoms with Crippen LogP contribution in [0.25, 0.3) is 0 Å². The Morgan fingerprint density at radius 2 is 1.87 bits per heavy atom. The number of esters is 1. The molecule has 5 nitrogen and oxygen atoms in total. The smallest absolute Gasteiger partial charge is 0.307 e. The first-order valence-electron chi connectivity index (χ1n) is 9.07. The van der Waals surface area contributed by atoms with E-state index >= 15 is 0 Å². The summed E-state index contributed by atoms with van der Waals surface area (Å²) >= 11 is 0. The van der Waals surface area contributed by atoms with Gasteiger partial charge in [0.25, 0.3) is 5.91 Å². The summed E-state index contributed by atoms with van der Waals surface area (Å²) in [6.45, 7) is 1.64. The molecule has 0 aromatic rings. The van der Waals surface area contributed by atoms with Crippen molar-refractivity contribution >= 4 is 11.9 Å². The average Bonchev–Trinajstić information content (AvgIpc) is 3.18. The summed E-state index contributed by atoms with van der Waals surface area (Å²) < 4.78 is 5.38. The first-order valence-corrected chi connectivity index (χ1v) is 9.07. The fourth-order valence-corrected chi connectivity index (χ4v) is 5.75. The largest absolute Gasteiger partial charge is 0.453 e. The molecule has 0 aromatic heterocycles. The number of carbonyl (C=O) groups excluding carboxylic acids is 2. The zero-order valence-corrected chi connectivity index (χ0v) is 13.8. The third-order valence-corrected chi connectivity index (χ3v) is 6.27. The Morgan fingerprint density at radius 1 is 1.22 bits per heavy atom. The topological polar surface area (TPSA) is 75.6 Å². The van der Waals surface area contributed by atoms with E-state index in [4.69, 9.17) is 4.74 Å². The van der Waals surface area contributed by atoms with E-state index < -0.39 is 11.7 Å². The molecule has 0 spiro atoms. The van der Waals surface area contributed by atoms with E-state index in [0.717, 1.165) is 44.9 Å². The van der Waals surface area contributed by atoms with Gasteiger partial charge >= 0.3 is 5.97 Å². The van der Waals surface area contributed by atoms with Gasteiger partial charge in [-0.15, -0.1) is 0 Å². The van der Waals surface area contributed by atoms with Gasteiger partial charge in [0.05, 0.1) is 12.0 Å². The monoisotopic (exact) mass is 321 g/mol. The van der Waals surface area contributed by atoms with Crippen LogP contribution >= 0.6 is 0 Å². The highest BCUT2D eigenvalue weighted by Gasteiger charge is 2.57. The van der Waals surface area contributed by atoms with Crippen molar-refractivity contribution in [3.05, 3.63) is 0 Å². The molecule has 2 unspecified atom stereocenters. The second-order valence-corrected chi connectivity index (χ2v) is 8.78. The molecule has 5 saturated carbocycles. The molecule has 0 aromatic carbocycles. The molecule has 1 amide bonds. The molecule has 0 saturated heterocycles. The quantitative estimate of drug-likeness (QED) is 0.759. The van der Waals surface area contributed by atoms with Gasteiger partial charge in [0.2, 0.25) is 0 Å². The van der Waals surface area contributed by atoms with E-state index in [9.17, 15) is 14.7 Å². The van der Waals surface area contributed by atoms with Gasteiger partial charge in [0.15, 0.2) is 6.10 Å². The van der Waals surface area contributed by atoms with Gasteiger partial charge < -0.3 is 15.2 Å². The highest BCUT2D eigenvalue weighted by Crippen LogP contribution is 2.62. The molecule has 5 rings (SSSR count). The molecule has 23 heavy (non-hydrogen) atoms. The molecule has 5 fully saturated rings. The van der Waals surface area contributed by atoms with Crippen LogP contribution in [0.4, 0.5) is 0 Å². The van der Waals surface area contributed by atoms with Crippen molar-refractivity contribution in [2.24, 2.45) is 17.3 Å². The predicted octanol–water partition coefficient (Wildman–Crippen LogP) is 1.92. The van der Waals surface area contributed by atoms with E-state index in [1.165, 1.54) is 6.42 Å². The van der Waals surface area contributed by atoms with E-state index in [2.05, 4.69) is 5.32 Å². The van der Waals surface area contributed by atoms with Crippen molar-refractivity contribution in [1.82, 2.24) is 5.32 Å². The van der Waals surface area contributed by atoms with Crippen LogP contribution in [0.2, 0.25) is 0 Å². The highest BCUT2D eigenvalue weighted by molar-refractivity contribution is 5.84. The molecule has 0 aliphatic heterocycles. The lowest BCUT2D eigenvalue weighted by molar-refractivity contribution is -0.180. The molecule has 5 atom stereocenters. The van der Waals surface area contributed by atoms with Crippen molar-refractivity contribution in [1.29, 1.82) is 0 Å². The molecule has 2 N–H and O–H groups in total. The van der Waals surface area contributed by atoms with Gasteiger partial charge in [-0.05, 0) is 75.5 Å². The normalized spacial score (nSPS) is 42.3. The van der Waals surface area contributed by atoms with E-state index in [1.54, 1.807) is 6.92 Å². The number of rotatable bonds is 5. The SMILES string of the molecule is C[C@H](OC(=O)CC12C[C@@H]3C[C@@H](CC(O)(C3)C1)C2)C(=O)NC1CC1. The third kappa shape index (κ3) is 3.12. The fourth-order valence-electron chi connectivity index (χ4n) is 5.75. The minimum atomic E-state index is -0.722. The van der Waals surface area contributed by atoms with Gasteiger partial charge in [0.1, 0.15) is 0 Å². The Morgan fingerprint density at radius 3 is 2.43 bits per heavy atom. The molecule has 5 aliphatic rings. The van der Waals surface area contributed by atoms with Crippen LogP contribution in [0.1, 0.15) is 64.7 Å². The van der Waals surface area contributed by atoms with Crippen LogP contribution in [0.5, 0.6) is 0 Å². The lowest BCUT2D eigenvalue weighted by Crippen LogP contribution is -2.56. The Labute approximate surface area is 137 Å². The molecule has 5 heteroatoms. The zero-order valence-electron chi connectivity index (χ0n) is 13.8. The summed E-state index contributed by atoms with van der Waals surface area (Å²) in [6.07, 6.45) is 7.48. The maximum absolute atomic E-state index is 12.4. The first-order chi connectivity index (χ1) is 10.8. The molecule has 4 bridgehead atoms. The number of ether oxygens (including phenoxy) is 1. The Bertz CT molecular complexity index is 513. The second kappa shape index (κ2) is 5.20. The van der Waals surface area contributed by atoms with Crippen molar-refractivity contribution in [2.75, 3.05) is 0 Å². The number of aliphatic hydroxyl groups is 1. The molecule has 128 valence electrons. The van der Waals surface area contributed by atoms with E-state index in [1.807, 2.05) is 0 Å². The van der Waals surface area contributed by atoms with Crippen LogP contribution in [-0.4, -0.2) is 34.7 Å². The molecular formula is C18H27NO4. The summed E-state index contributed by atoms with van der Waals surface area (Å²) in [5, 5.41) is 13.6. The average molecular weight is 321 g/mol. The lowest BCUT2D eigenvalue weighted by Gasteiger charge is -2.60. The van der Waals surface area contributed by atoms with Crippen molar-refractivity contribution in [2.45, 2.75) is 82.5 Å². The molecule has 0 radical (unpaired) electrons. The number of hydrogen-bond acceptors (Lipinski definition) is 4.